The Kier molecular flexibility index (Phi) is 8.71. The molecule has 2 rings (SSSR count). The molecule has 1 aromatic rings. The van der Waals surface area contributed by atoms with Crippen molar-refractivity contribution < 1.29 is 4.79 Å². The van der Waals surface area contributed by atoms with Gasteiger partial charge in [-0.2, -0.15) is 0 Å². The summed E-state index contributed by atoms with van der Waals surface area (Å²) in [5, 5.41) is 0. The monoisotopic (exact) mass is 333 g/mol. The summed E-state index contributed by atoms with van der Waals surface area (Å²) in [5.41, 5.74) is 7.93. The van der Waals surface area contributed by atoms with Gasteiger partial charge in [0, 0.05) is 38.3 Å². The zero-order chi connectivity index (χ0) is 13.8. The molecule has 1 aliphatic heterocycles. The minimum absolute atomic E-state index is 0. The lowest BCUT2D eigenvalue weighted by molar-refractivity contribution is -0.133. The molecular formula is C15H25Cl2N3O. The zero-order valence-corrected chi connectivity index (χ0v) is 14.3. The van der Waals surface area contributed by atoms with Crippen molar-refractivity contribution in [3.8, 4) is 0 Å². The largest absolute Gasteiger partial charge is 0.372 e. The number of fused-ring (bicyclic) bond motifs is 1. The second-order valence-electron chi connectivity index (χ2n) is 5.27. The van der Waals surface area contributed by atoms with Crippen LogP contribution in [0.25, 0.3) is 0 Å². The molecule has 1 amide bonds. The molecular weight excluding hydrogens is 309 g/mol. The van der Waals surface area contributed by atoms with E-state index >= 15 is 0 Å². The Hall–Kier alpha value is -0.970. The molecule has 0 aromatic heterocycles. The van der Waals surface area contributed by atoms with Gasteiger partial charge in [0.15, 0.2) is 0 Å². The minimum atomic E-state index is 0. The number of anilines is 1. The smallest absolute Gasteiger partial charge is 0.223 e. The first kappa shape index (κ1) is 20.0. The van der Waals surface area contributed by atoms with Gasteiger partial charge in [-0.3, -0.25) is 4.79 Å². The summed E-state index contributed by atoms with van der Waals surface area (Å²) < 4.78 is 0. The number of rotatable bonds is 3. The molecule has 1 aliphatic rings. The number of hydrogen-bond donors (Lipinski definition) is 1. The van der Waals surface area contributed by atoms with Crippen LogP contribution in [0, 0.1) is 0 Å². The van der Waals surface area contributed by atoms with Gasteiger partial charge in [-0.1, -0.05) is 18.2 Å². The predicted octanol–water partition coefficient (Wildman–Crippen LogP) is 2.44. The summed E-state index contributed by atoms with van der Waals surface area (Å²) in [5.74, 6) is 0.211. The number of para-hydroxylation sites is 1. The van der Waals surface area contributed by atoms with Crippen molar-refractivity contribution >= 4 is 36.4 Å². The van der Waals surface area contributed by atoms with Crippen molar-refractivity contribution in [2.45, 2.75) is 32.4 Å². The molecule has 0 bridgehead atoms. The zero-order valence-electron chi connectivity index (χ0n) is 12.6. The standard InChI is InChI=1S/C15H23N3O.2ClH/c1-12-10-17(2)14-7-4-3-6-13(14)11-18(12)15(19)8-5-9-16;;/h3-4,6-7,12H,5,8-11,16H2,1-2H3;2*1H. The summed E-state index contributed by atoms with van der Waals surface area (Å²) in [6.45, 7) is 4.25. The van der Waals surface area contributed by atoms with E-state index in [1.165, 1.54) is 11.3 Å². The number of nitrogens with two attached hydrogens (primary N) is 1. The second kappa shape index (κ2) is 9.13. The lowest BCUT2D eigenvalue weighted by Gasteiger charge is -2.28. The third-order valence-electron chi connectivity index (χ3n) is 3.73. The normalized spacial score (nSPS) is 17.2. The molecule has 1 aromatic carbocycles. The predicted molar refractivity (Wildman–Crippen MR) is 92.5 cm³/mol. The molecule has 0 fully saturated rings. The number of carbonyl (C=O) groups is 1. The maximum Gasteiger partial charge on any atom is 0.223 e. The fourth-order valence-corrected chi connectivity index (χ4v) is 2.68. The summed E-state index contributed by atoms with van der Waals surface area (Å²) in [7, 11) is 2.09. The highest BCUT2D eigenvalue weighted by molar-refractivity contribution is 5.85. The molecule has 0 radical (unpaired) electrons. The van der Waals surface area contributed by atoms with Crippen molar-refractivity contribution in [2.75, 3.05) is 25.0 Å². The third-order valence-corrected chi connectivity index (χ3v) is 3.73. The summed E-state index contributed by atoms with van der Waals surface area (Å²) in [6, 6.07) is 8.53. The number of benzene rings is 1. The Labute approximate surface area is 139 Å². The van der Waals surface area contributed by atoms with Crippen LogP contribution in [0.3, 0.4) is 0 Å². The van der Waals surface area contributed by atoms with Gasteiger partial charge in [-0.15, -0.1) is 24.8 Å². The van der Waals surface area contributed by atoms with Gasteiger partial charge in [-0.25, -0.2) is 0 Å². The van der Waals surface area contributed by atoms with Crippen LogP contribution in [0.5, 0.6) is 0 Å². The van der Waals surface area contributed by atoms with Gasteiger partial charge in [0.1, 0.15) is 0 Å². The van der Waals surface area contributed by atoms with E-state index in [2.05, 4.69) is 31.0 Å². The number of nitrogens with zero attached hydrogens (tertiary/aromatic N) is 2. The van der Waals surface area contributed by atoms with Crippen LogP contribution in [0.2, 0.25) is 0 Å². The van der Waals surface area contributed by atoms with E-state index in [9.17, 15) is 4.79 Å². The van der Waals surface area contributed by atoms with Crippen molar-refractivity contribution in [1.82, 2.24) is 4.90 Å². The first-order valence-corrected chi connectivity index (χ1v) is 6.92. The average molecular weight is 334 g/mol. The molecule has 0 aliphatic carbocycles. The average Bonchev–Trinajstić information content (AvgIpc) is 2.53. The Balaban J connectivity index is 0.00000200. The van der Waals surface area contributed by atoms with Crippen LogP contribution in [-0.4, -0.2) is 37.0 Å². The molecule has 0 saturated heterocycles. The third kappa shape index (κ3) is 4.77. The van der Waals surface area contributed by atoms with E-state index in [-0.39, 0.29) is 36.8 Å². The molecule has 6 heteroatoms. The van der Waals surface area contributed by atoms with Crippen molar-refractivity contribution in [2.24, 2.45) is 5.73 Å². The molecule has 120 valence electrons. The SMILES string of the molecule is CC1CN(C)c2ccccc2CN1C(=O)CCCN.Cl.Cl. The van der Waals surface area contributed by atoms with E-state index in [0.29, 0.717) is 19.5 Å². The fraction of sp³-hybridized carbons (Fsp3) is 0.533. The lowest BCUT2D eigenvalue weighted by Crippen LogP contribution is -2.41. The Morgan fingerprint density at radius 1 is 1.33 bits per heavy atom. The van der Waals surface area contributed by atoms with Gasteiger partial charge in [0.05, 0.1) is 0 Å². The molecule has 0 spiro atoms. The molecule has 1 heterocycles. The van der Waals surface area contributed by atoms with Gasteiger partial charge >= 0.3 is 0 Å². The topological polar surface area (TPSA) is 49.6 Å². The van der Waals surface area contributed by atoms with Crippen LogP contribution < -0.4 is 10.6 Å². The molecule has 1 atom stereocenters. The van der Waals surface area contributed by atoms with Gasteiger partial charge in [-0.05, 0) is 31.5 Å². The highest BCUT2D eigenvalue weighted by Crippen LogP contribution is 2.26. The fourth-order valence-electron chi connectivity index (χ4n) is 2.68. The van der Waals surface area contributed by atoms with Crippen LogP contribution in [0.15, 0.2) is 24.3 Å². The van der Waals surface area contributed by atoms with E-state index < -0.39 is 0 Å². The van der Waals surface area contributed by atoms with E-state index in [0.717, 1.165) is 13.0 Å². The number of carbonyl (C=O) groups excluding carboxylic acids is 1. The highest BCUT2D eigenvalue weighted by Gasteiger charge is 2.26. The van der Waals surface area contributed by atoms with Crippen molar-refractivity contribution in [1.29, 1.82) is 0 Å². The number of amides is 1. The van der Waals surface area contributed by atoms with E-state index in [1.54, 1.807) is 0 Å². The van der Waals surface area contributed by atoms with Crippen LogP contribution >= 0.6 is 24.8 Å². The van der Waals surface area contributed by atoms with Crippen molar-refractivity contribution in [3.63, 3.8) is 0 Å². The first-order valence-electron chi connectivity index (χ1n) is 6.92. The number of likely N-dealkylation sites (N-methyl/N-ethyl adjacent to an activating group) is 1. The Bertz CT molecular complexity index is 456. The summed E-state index contributed by atoms with van der Waals surface area (Å²) in [6.07, 6.45) is 1.31. The van der Waals surface area contributed by atoms with Gasteiger partial charge in [0.2, 0.25) is 5.91 Å². The van der Waals surface area contributed by atoms with Crippen LogP contribution in [-0.2, 0) is 11.3 Å². The highest BCUT2D eigenvalue weighted by atomic mass is 35.5. The maximum atomic E-state index is 12.3. The first-order chi connectivity index (χ1) is 9.13. The Morgan fingerprint density at radius 3 is 2.67 bits per heavy atom. The van der Waals surface area contributed by atoms with Crippen LogP contribution in [0.4, 0.5) is 5.69 Å². The van der Waals surface area contributed by atoms with Gasteiger partial charge in [0.25, 0.3) is 0 Å². The molecule has 21 heavy (non-hydrogen) atoms. The Morgan fingerprint density at radius 2 is 2.00 bits per heavy atom. The molecule has 0 saturated carbocycles. The second-order valence-corrected chi connectivity index (χ2v) is 5.27. The van der Waals surface area contributed by atoms with E-state index in [4.69, 9.17) is 5.73 Å². The van der Waals surface area contributed by atoms with Gasteiger partial charge < -0.3 is 15.5 Å². The minimum Gasteiger partial charge on any atom is -0.372 e. The molecule has 2 N–H and O–H groups in total. The van der Waals surface area contributed by atoms with Crippen LogP contribution in [0.1, 0.15) is 25.3 Å². The molecule has 1 unspecified atom stereocenters. The quantitative estimate of drug-likeness (QED) is 0.924. The summed E-state index contributed by atoms with van der Waals surface area (Å²) in [4.78, 5) is 16.5. The molecule has 4 nitrogen and oxygen atoms in total. The maximum absolute atomic E-state index is 12.3. The van der Waals surface area contributed by atoms with Crippen molar-refractivity contribution in [3.05, 3.63) is 29.8 Å². The van der Waals surface area contributed by atoms with E-state index in [1.807, 2.05) is 17.0 Å². The summed E-state index contributed by atoms with van der Waals surface area (Å²) >= 11 is 0. The number of halogens is 2. The lowest BCUT2D eigenvalue weighted by atomic mass is 10.1. The number of hydrogen-bond acceptors (Lipinski definition) is 3.